The molecule has 0 aliphatic carbocycles. The summed E-state index contributed by atoms with van der Waals surface area (Å²) in [6.45, 7) is 9.11. The number of halogens is 1. The monoisotopic (exact) mass is 528 g/mol. The van der Waals surface area contributed by atoms with Gasteiger partial charge < -0.3 is 19.1 Å². The number of unbranched alkanes of at least 4 members (excludes halogenated alkanes) is 2. The van der Waals surface area contributed by atoms with E-state index in [2.05, 4.69) is 6.92 Å². The number of rotatable bonds is 7. The molecule has 2 aromatic heterocycles. The lowest BCUT2D eigenvalue weighted by Gasteiger charge is -2.52. The Kier molecular flexibility index (Phi) is 6.93. The van der Waals surface area contributed by atoms with Crippen molar-refractivity contribution in [3.63, 3.8) is 0 Å². The normalized spacial score (nSPS) is 21.1. The Hall–Kier alpha value is -3.04. The van der Waals surface area contributed by atoms with E-state index in [1.54, 1.807) is 27.6 Å². The van der Waals surface area contributed by atoms with Crippen LogP contribution in [0.2, 0.25) is 5.02 Å². The summed E-state index contributed by atoms with van der Waals surface area (Å²) in [7, 11) is 0. The van der Waals surface area contributed by atoms with Crippen LogP contribution in [-0.2, 0) is 16.0 Å². The number of hydrogen-bond donors (Lipinski definition) is 0. The second-order valence-corrected chi connectivity index (χ2v) is 11.1. The smallest absolute Gasteiger partial charge is 0.410 e. The highest BCUT2D eigenvalue weighted by Gasteiger charge is 2.52. The van der Waals surface area contributed by atoms with Crippen molar-refractivity contribution in [1.82, 2.24) is 18.9 Å². The fourth-order valence-electron chi connectivity index (χ4n) is 4.76. The van der Waals surface area contributed by atoms with Gasteiger partial charge in [-0.3, -0.25) is 13.8 Å². The summed E-state index contributed by atoms with van der Waals surface area (Å²) in [5, 5.41) is 0.640. The summed E-state index contributed by atoms with van der Waals surface area (Å²) in [5.74, 6) is 1.00. The van der Waals surface area contributed by atoms with Gasteiger partial charge in [-0.1, -0.05) is 43.5 Å². The molecule has 1 amide bonds. The number of aryl methyl sites for hydroxylation is 1. The molecule has 5 rings (SSSR count). The average molecular weight is 529 g/mol. The van der Waals surface area contributed by atoms with Gasteiger partial charge in [0.2, 0.25) is 11.7 Å². The Morgan fingerprint density at radius 1 is 1.16 bits per heavy atom. The van der Waals surface area contributed by atoms with Crippen LogP contribution in [0.25, 0.3) is 17.0 Å². The number of aromatic nitrogens is 3. The summed E-state index contributed by atoms with van der Waals surface area (Å²) in [4.78, 5) is 32.1. The number of amides is 1. The van der Waals surface area contributed by atoms with Crippen molar-refractivity contribution >= 4 is 23.5 Å². The molecule has 0 saturated carbocycles. The number of benzene rings is 1. The minimum Gasteiger partial charge on any atom is -0.470 e. The summed E-state index contributed by atoms with van der Waals surface area (Å²) in [6, 6.07) is 8.90. The Morgan fingerprint density at radius 3 is 2.51 bits per heavy atom. The zero-order valence-electron chi connectivity index (χ0n) is 21.6. The van der Waals surface area contributed by atoms with Crippen molar-refractivity contribution in [3.8, 4) is 17.1 Å². The number of piperidine rings is 1. The first kappa shape index (κ1) is 25.6. The molecule has 0 spiro atoms. The number of morpholine rings is 1. The fraction of sp³-hybridized carbons (Fsp3) is 0.519. The number of nitrogens with zero attached hydrogens (tertiary/aromatic N) is 4. The summed E-state index contributed by atoms with van der Waals surface area (Å²) in [5.41, 5.74) is 0.783. The molecule has 2 bridgehead atoms. The Balaban J connectivity index is 1.41. The zero-order valence-corrected chi connectivity index (χ0v) is 22.4. The quantitative estimate of drug-likeness (QED) is 0.410. The van der Waals surface area contributed by atoms with E-state index in [4.69, 9.17) is 30.8 Å². The molecule has 1 aromatic carbocycles. The maximum Gasteiger partial charge on any atom is 0.410 e. The van der Waals surface area contributed by atoms with Gasteiger partial charge in [-0.15, -0.1) is 0 Å². The van der Waals surface area contributed by atoms with Gasteiger partial charge in [0.1, 0.15) is 17.8 Å². The minimum atomic E-state index is -0.561. The maximum atomic E-state index is 13.1. The lowest BCUT2D eigenvalue weighted by atomic mass is 9.95. The summed E-state index contributed by atoms with van der Waals surface area (Å²) in [6.07, 6.45) is 3.61. The second-order valence-electron chi connectivity index (χ2n) is 10.7. The second kappa shape index (κ2) is 10.0. The molecule has 1 unspecified atom stereocenters. The van der Waals surface area contributed by atoms with Crippen LogP contribution in [0.15, 0.2) is 41.3 Å². The van der Waals surface area contributed by atoms with Crippen molar-refractivity contribution in [2.24, 2.45) is 0 Å². The number of carbonyl (C=O) groups excluding carboxylic acids is 1. The number of carbonyl (C=O) groups is 1. The van der Waals surface area contributed by atoms with Crippen LogP contribution in [0, 0.1) is 0 Å². The lowest BCUT2D eigenvalue weighted by Crippen LogP contribution is -2.70. The van der Waals surface area contributed by atoms with Gasteiger partial charge in [-0.25, -0.2) is 9.78 Å². The molecule has 37 heavy (non-hydrogen) atoms. The van der Waals surface area contributed by atoms with E-state index in [1.807, 2.05) is 37.5 Å². The van der Waals surface area contributed by atoms with Crippen molar-refractivity contribution in [3.05, 3.63) is 51.9 Å². The van der Waals surface area contributed by atoms with Gasteiger partial charge in [0.15, 0.2) is 6.10 Å². The van der Waals surface area contributed by atoms with E-state index < -0.39 is 5.60 Å². The minimum absolute atomic E-state index is 0.217. The number of ether oxygens (including phenoxy) is 3. The van der Waals surface area contributed by atoms with Gasteiger partial charge in [0, 0.05) is 23.3 Å². The Labute approximate surface area is 220 Å². The third-order valence-corrected chi connectivity index (χ3v) is 6.85. The molecular formula is C27H33ClN4O5. The molecule has 3 aromatic rings. The van der Waals surface area contributed by atoms with E-state index in [1.165, 1.54) is 6.07 Å². The molecular weight excluding hydrogens is 496 g/mol. The largest absolute Gasteiger partial charge is 0.470 e. The molecule has 10 heteroatoms. The van der Waals surface area contributed by atoms with Gasteiger partial charge in [-0.05, 0) is 39.3 Å². The van der Waals surface area contributed by atoms with Crippen LogP contribution < -0.4 is 10.3 Å². The first-order valence-corrected chi connectivity index (χ1v) is 13.2. The van der Waals surface area contributed by atoms with E-state index in [-0.39, 0.29) is 30.0 Å². The predicted molar refractivity (Wildman–Crippen MR) is 140 cm³/mol. The van der Waals surface area contributed by atoms with Crippen LogP contribution in [0.4, 0.5) is 4.79 Å². The van der Waals surface area contributed by atoms with E-state index in [9.17, 15) is 9.59 Å². The van der Waals surface area contributed by atoms with Crippen LogP contribution in [0.5, 0.6) is 5.88 Å². The third kappa shape index (κ3) is 5.33. The van der Waals surface area contributed by atoms with Gasteiger partial charge >= 0.3 is 6.09 Å². The maximum absolute atomic E-state index is 13.1. The van der Waals surface area contributed by atoms with Crippen LogP contribution in [0.1, 0.15) is 47.0 Å². The number of fused-ring (bicyclic) bond motifs is 3. The van der Waals surface area contributed by atoms with Crippen LogP contribution in [-0.4, -0.2) is 61.9 Å². The van der Waals surface area contributed by atoms with Gasteiger partial charge in [-0.2, -0.15) is 0 Å². The first-order valence-electron chi connectivity index (χ1n) is 12.8. The summed E-state index contributed by atoms with van der Waals surface area (Å²) < 4.78 is 21.4. The highest BCUT2D eigenvalue weighted by atomic mass is 35.5. The summed E-state index contributed by atoms with van der Waals surface area (Å²) >= 11 is 6.05. The number of hydrogen-bond acceptors (Lipinski definition) is 6. The van der Waals surface area contributed by atoms with Crippen molar-refractivity contribution < 1.29 is 19.0 Å². The molecule has 2 saturated heterocycles. The predicted octanol–water partition coefficient (Wildman–Crippen LogP) is 4.77. The average Bonchev–Trinajstić information content (AvgIpc) is 3.30. The highest BCUT2D eigenvalue weighted by Crippen LogP contribution is 2.33. The molecule has 2 fully saturated rings. The molecule has 0 N–H and O–H groups in total. The molecule has 0 radical (unpaired) electrons. The molecule has 3 atom stereocenters. The van der Waals surface area contributed by atoms with E-state index >= 15 is 0 Å². The van der Waals surface area contributed by atoms with Gasteiger partial charge in [0.05, 0.1) is 24.8 Å². The molecule has 2 aliphatic heterocycles. The van der Waals surface area contributed by atoms with Crippen LogP contribution >= 0.6 is 11.6 Å². The van der Waals surface area contributed by atoms with E-state index in [0.29, 0.717) is 42.0 Å². The lowest BCUT2D eigenvalue weighted by molar-refractivity contribution is -0.248. The Bertz CT molecular complexity index is 1330. The van der Waals surface area contributed by atoms with Crippen molar-refractivity contribution in [2.45, 2.75) is 77.4 Å². The van der Waals surface area contributed by atoms with E-state index in [0.717, 1.165) is 24.8 Å². The molecule has 198 valence electrons. The zero-order chi connectivity index (χ0) is 26.3. The number of likely N-dealkylation sites (tertiary alicyclic amines) is 1. The SMILES string of the molecule is CCCCCn1c(OC2[C@@H]3CN(C(=O)OC(C)(C)C)C[C@H]2O3)cc(=O)n2cc(-c3ccc(Cl)cc3)nc12. The van der Waals surface area contributed by atoms with Gasteiger partial charge in [0.25, 0.3) is 5.56 Å². The topological polar surface area (TPSA) is 87.3 Å². The molecule has 4 heterocycles. The molecule has 9 nitrogen and oxygen atoms in total. The van der Waals surface area contributed by atoms with Crippen molar-refractivity contribution in [2.75, 3.05) is 13.1 Å². The first-order chi connectivity index (χ1) is 17.6. The standard InChI is InChI=1S/C27H33ClN4O5/c1-5-6-7-12-31-23(36-24-20-15-30(16-21(24)35-20)26(34)37-27(2,3)4)13-22(33)32-14-19(29-25(31)32)17-8-10-18(28)11-9-17/h8-11,13-14,20-21,24H,5-7,12,15-16H2,1-4H3/t20-,21+,24?. The van der Waals surface area contributed by atoms with Crippen molar-refractivity contribution in [1.29, 1.82) is 0 Å². The fourth-order valence-corrected chi connectivity index (χ4v) is 4.89. The third-order valence-electron chi connectivity index (χ3n) is 6.60. The highest BCUT2D eigenvalue weighted by molar-refractivity contribution is 6.30. The molecule has 2 aliphatic rings. The van der Waals surface area contributed by atoms with Crippen LogP contribution in [0.3, 0.4) is 0 Å². The number of imidazole rings is 1. The Morgan fingerprint density at radius 2 is 1.86 bits per heavy atom.